The number of ether oxygens (including phenoxy) is 1. The number of rotatable bonds is 5. The number of nitrogens with one attached hydrogen (secondary N) is 1. The molecule has 2 rings (SSSR count). The standard InChI is InChI=1S/C14H13FN2O4/c1-21-14-7-11(17(19)20)2-3-13(14)16-8-9-4-10(15)6-12(18)5-9/h2-7,16,18H,8H2,1H3. The van der Waals surface area contributed by atoms with E-state index in [2.05, 4.69) is 5.32 Å². The Hall–Kier alpha value is -2.83. The first-order valence-corrected chi connectivity index (χ1v) is 6.04. The van der Waals surface area contributed by atoms with Gasteiger partial charge in [-0.15, -0.1) is 0 Å². The molecular formula is C14H13FN2O4. The van der Waals surface area contributed by atoms with Crippen molar-refractivity contribution < 1.29 is 19.2 Å². The highest BCUT2D eigenvalue weighted by Crippen LogP contribution is 2.29. The monoisotopic (exact) mass is 292 g/mol. The molecule has 7 heteroatoms. The number of halogens is 1. The van der Waals surface area contributed by atoms with Crippen molar-refractivity contribution in [3.63, 3.8) is 0 Å². The van der Waals surface area contributed by atoms with E-state index in [4.69, 9.17) is 4.74 Å². The van der Waals surface area contributed by atoms with Crippen molar-refractivity contribution in [1.82, 2.24) is 0 Å². The summed E-state index contributed by atoms with van der Waals surface area (Å²) in [6, 6.07) is 7.86. The van der Waals surface area contributed by atoms with E-state index < -0.39 is 10.7 Å². The fourth-order valence-electron chi connectivity index (χ4n) is 1.87. The zero-order chi connectivity index (χ0) is 15.4. The Labute approximate surface area is 119 Å². The van der Waals surface area contributed by atoms with Gasteiger partial charge in [0.1, 0.15) is 17.3 Å². The highest BCUT2D eigenvalue weighted by atomic mass is 19.1. The quantitative estimate of drug-likeness (QED) is 0.653. The maximum atomic E-state index is 13.2. The van der Waals surface area contributed by atoms with Crippen molar-refractivity contribution in [2.75, 3.05) is 12.4 Å². The van der Waals surface area contributed by atoms with Crippen LogP contribution in [-0.4, -0.2) is 17.1 Å². The van der Waals surface area contributed by atoms with Crippen LogP contribution in [0, 0.1) is 15.9 Å². The van der Waals surface area contributed by atoms with E-state index in [1.54, 1.807) is 0 Å². The number of phenolic OH excluding ortho intramolecular Hbond substituents is 1. The van der Waals surface area contributed by atoms with Gasteiger partial charge in [-0.25, -0.2) is 4.39 Å². The van der Waals surface area contributed by atoms with Crippen LogP contribution in [0.1, 0.15) is 5.56 Å². The lowest BCUT2D eigenvalue weighted by atomic mass is 10.2. The normalized spacial score (nSPS) is 10.2. The average Bonchev–Trinajstić information content (AvgIpc) is 2.43. The summed E-state index contributed by atoms with van der Waals surface area (Å²) in [5.74, 6) is -0.394. The van der Waals surface area contributed by atoms with Crippen LogP contribution in [-0.2, 0) is 6.54 Å². The first-order chi connectivity index (χ1) is 9.99. The number of nitrogens with zero attached hydrogens (tertiary/aromatic N) is 1. The van der Waals surface area contributed by atoms with Crippen molar-refractivity contribution in [3.05, 3.63) is 57.9 Å². The third-order valence-electron chi connectivity index (χ3n) is 2.82. The molecule has 0 fully saturated rings. The fourth-order valence-corrected chi connectivity index (χ4v) is 1.87. The molecule has 0 aromatic heterocycles. The SMILES string of the molecule is COc1cc([N+](=O)[O-])ccc1NCc1cc(O)cc(F)c1. The van der Waals surface area contributed by atoms with Gasteiger partial charge in [0.15, 0.2) is 0 Å². The number of methoxy groups -OCH3 is 1. The molecule has 0 bridgehead atoms. The molecular weight excluding hydrogens is 279 g/mol. The predicted octanol–water partition coefficient (Wildman–Crippen LogP) is 3.06. The second-order valence-electron chi connectivity index (χ2n) is 4.31. The van der Waals surface area contributed by atoms with Gasteiger partial charge in [0.2, 0.25) is 0 Å². The van der Waals surface area contributed by atoms with Gasteiger partial charge < -0.3 is 15.2 Å². The summed E-state index contributed by atoms with van der Waals surface area (Å²) in [6.45, 7) is 0.236. The van der Waals surface area contributed by atoms with Gasteiger partial charge in [0.25, 0.3) is 5.69 Å². The second-order valence-corrected chi connectivity index (χ2v) is 4.31. The van der Waals surface area contributed by atoms with E-state index in [0.717, 1.165) is 6.07 Å². The average molecular weight is 292 g/mol. The molecule has 2 aromatic rings. The number of anilines is 1. The number of nitro groups is 1. The van der Waals surface area contributed by atoms with Crippen LogP contribution in [0.3, 0.4) is 0 Å². The van der Waals surface area contributed by atoms with Gasteiger partial charge in [-0.1, -0.05) is 0 Å². The van der Waals surface area contributed by atoms with Crippen LogP contribution in [0.5, 0.6) is 11.5 Å². The van der Waals surface area contributed by atoms with Gasteiger partial charge in [-0.2, -0.15) is 0 Å². The Kier molecular flexibility index (Phi) is 4.22. The molecule has 0 aliphatic carbocycles. The van der Waals surface area contributed by atoms with Crippen LogP contribution in [0.15, 0.2) is 36.4 Å². The third kappa shape index (κ3) is 3.59. The Balaban J connectivity index is 2.17. The van der Waals surface area contributed by atoms with E-state index in [1.807, 2.05) is 0 Å². The lowest BCUT2D eigenvalue weighted by Gasteiger charge is -2.11. The number of benzene rings is 2. The van der Waals surface area contributed by atoms with Crippen LogP contribution in [0.2, 0.25) is 0 Å². The maximum absolute atomic E-state index is 13.2. The Morgan fingerprint density at radius 2 is 2.10 bits per heavy atom. The number of phenols is 1. The van der Waals surface area contributed by atoms with Gasteiger partial charge in [0.05, 0.1) is 23.8 Å². The van der Waals surface area contributed by atoms with E-state index in [1.165, 1.54) is 37.4 Å². The van der Waals surface area contributed by atoms with Crippen LogP contribution < -0.4 is 10.1 Å². The number of hydrogen-bond donors (Lipinski definition) is 2. The number of aromatic hydroxyl groups is 1. The van der Waals surface area contributed by atoms with Crippen LogP contribution >= 0.6 is 0 Å². The molecule has 6 nitrogen and oxygen atoms in total. The molecule has 0 saturated carbocycles. The van der Waals surface area contributed by atoms with Gasteiger partial charge >= 0.3 is 0 Å². The topological polar surface area (TPSA) is 84.6 Å². The largest absolute Gasteiger partial charge is 0.508 e. The molecule has 0 aliphatic heterocycles. The molecule has 0 aliphatic rings. The smallest absolute Gasteiger partial charge is 0.273 e. The Morgan fingerprint density at radius 1 is 1.33 bits per heavy atom. The molecule has 0 atom stereocenters. The fraction of sp³-hybridized carbons (Fsp3) is 0.143. The molecule has 0 saturated heterocycles. The molecule has 21 heavy (non-hydrogen) atoms. The van der Waals surface area contributed by atoms with E-state index in [0.29, 0.717) is 17.0 Å². The lowest BCUT2D eigenvalue weighted by molar-refractivity contribution is -0.384. The molecule has 0 spiro atoms. The van der Waals surface area contributed by atoms with E-state index in [9.17, 15) is 19.6 Å². The Morgan fingerprint density at radius 3 is 2.71 bits per heavy atom. The highest BCUT2D eigenvalue weighted by Gasteiger charge is 2.11. The molecule has 110 valence electrons. The summed E-state index contributed by atoms with van der Waals surface area (Å²) >= 11 is 0. The predicted molar refractivity (Wildman–Crippen MR) is 75.0 cm³/mol. The minimum absolute atomic E-state index is 0.0826. The molecule has 0 heterocycles. The number of nitro benzene ring substituents is 1. The summed E-state index contributed by atoms with van der Waals surface area (Å²) in [4.78, 5) is 10.2. The van der Waals surface area contributed by atoms with Crippen LogP contribution in [0.4, 0.5) is 15.8 Å². The van der Waals surface area contributed by atoms with Gasteiger partial charge in [0, 0.05) is 18.7 Å². The number of hydrogen-bond acceptors (Lipinski definition) is 5. The molecule has 0 radical (unpaired) electrons. The van der Waals surface area contributed by atoms with E-state index >= 15 is 0 Å². The van der Waals surface area contributed by atoms with Crippen molar-refractivity contribution in [2.24, 2.45) is 0 Å². The van der Waals surface area contributed by atoms with Gasteiger partial charge in [-0.05, 0) is 23.8 Å². The zero-order valence-electron chi connectivity index (χ0n) is 11.2. The summed E-state index contributed by atoms with van der Waals surface area (Å²) in [5.41, 5.74) is 0.987. The first kappa shape index (κ1) is 14.6. The number of non-ortho nitro benzene ring substituents is 1. The summed E-state index contributed by atoms with van der Waals surface area (Å²) in [7, 11) is 1.40. The van der Waals surface area contributed by atoms with Crippen molar-refractivity contribution in [3.8, 4) is 11.5 Å². The minimum Gasteiger partial charge on any atom is -0.508 e. The molecule has 2 N–H and O–H groups in total. The maximum Gasteiger partial charge on any atom is 0.273 e. The van der Waals surface area contributed by atoms with Crippen molar-refractivity contribution in [1.29, 1.82) is 0 Å². The van der Waals surface area contributed by atoms with Crippen LogP contribution in [0.25, 0.3) is 0 Å². The third-order valence-corrected chi connectivity index (χ3v) is 2.82. The van der Waals surface area contributed by atoms with E-state index in [-0.39, 0.29) is 18.0 Å². The minimum atomic E-state index is -0.539. The molecule has 2 aromatic carbocycles. The second kappa shape index (κ2) is 6.08. The Bertz CT molecular complexity index is 656. The highest BCUT2D eigenvalue weighted by molar-refractivity contribution is 5.60. The summed E-state index contributed by atoms with van der Waals surface area (Å²) < 4.78 is 18.2. The van der Waals surface area contributed by atoms with Gasteiger partial charge in [-0.3, -0.25) is 10.1 Å². The first-order valence-electron chi connectivity index (χ1n) is 6.04. The van der Waals surface area contributed by atoms with Crippen molar-refractivity contribution >= 4 is 11.4 Å². The lowest BCUT2D eigenvalue weighted by Crippen LogP contribution is -2.02. The summed E-state index contributed by atoms with van der Waals surface area (Å²) in [6.07, 6.45) is 0. The zero-order valence-corrected chi connectivity index (χ0v) is 11.2. The molecule has 0 unspecified atom stereocenters. The molecule has 0 amide bonds. The summed E-state index contributed by atoms with van der Waals surface area (Å²) in [5, 5.41) is 23.0. The van der Waals surface area contributed by atoms with Crippen molar-refractivity contribution in [2.45, 2.75) is 6.54 Å².